The van der Waals surface area contributed by atoms with E-state index in [9.17, 15) is 12.8 Å². The number of sulfonamides is 1. The van der Waals surface area contributed by atoms with Crippen molar-refractivity contribution in [1.82, 2.24) is 4.31 Å². The Morgan fingerprint density at radius 2 is 1.58 bits per heavy atom. The summed E-state index contributed by atoms with van der Waals surface area (Å²) in [5, 5.41) is 0. The summed E-state index contributed by atoms with van der Waals surface area (Å²) >= 11 is 0. The SMILES string of the molecule is COC1CN(S(=O)(=O)c2ccc(F)cc2)CC1OC. The van der Waals surface area contributed by atoms with Gasteiger partial charge in [0.25, 0.3) is 0 Å². The van der Waals surface area contributed by atoms with Crippen molar-refractivity contribution in [3.05, 3.63) is 30.1 Å². The number of ether oxygens (including phenoxy) is 2. The molecule has 1 aromatic rings. The topological polar surface area (TPSA) is 55.8 Å². The van der Waals surface area contributed by atoms with Crippen molar-refractivity contribution >= 4 is 10.0 Å². The number of hydrogen-bond donors (Lipinski definition) is 0. The van der Waals surface area contributed by atoms with Crippen LogP contribution in [-0.2, 0) is 19.5 Å². The van der Waals surface area contributed by atoms with Gasteiger partial charge in [-0.05, 0) is 24.3 Å². The van der Waals surface area contributed by atoms with E-state index in [1.807, 2.05) is 0 Å². The summed E-state index contributed by atoms with van der Waals surface area (Å²) in [6, 6.07) is 4.77. The largest absolute Gasteiger partial charge is 0.377 e. The van der Waals surface area contributed by atoms with Gasteiger partial charge in [0.15, 0.2) is 0 Å². The van der Waals surface area contributed by atoms with Gasteiger partial charge in [-0.1, -0.05) is 0 Å². The Bertz CT molecular complexity index is 519. The molecular weight excluding hydrogens is 273 g/mol. The molecule has 7 heteroatoms. The third-order valence-electron chi connectivity index (χ3n) is 3.24. The van der Waals surface area contributed by atoms with E-state index in [0.29, 0.717) is 0 Å². The highest BCUT2D eigenvalue weighted by atomic mass is 32.2. The van der Waals surface area contributed by atoms with E-state index in [1.54, 1.807) is 0 Å². The monoisotopic (exact) mass is 289 g/mol. The Labute approximate surface area is 112 Å². The van der Waals surface area contributed by atoms with E-state index < -0.39 is 15.8 Å². The van der Waals surface area contributed by atoms with Crippen LogP contribution >= 0.6 is 0 Å². The molecule has 106 valence electrons. The van der Waals surface area contributed by atoms with Crippen molar-refractivity contribution in [2.24, 2.45) is 0 Å². The van der Waals surface area contributed by atoms with Crippen LogP contribution in [0, 0.1) is 5.82 Å². The van der Waals surface area contributed by atoms with Gasteiger partial charge in [0.2, 0.25) is 10.0 Å². The van der Waals surface area contributed by atoms with Gasteiger partial charge in [-0.25, -0.2) is 12.8 Å². The van der Waals surface area contributed by atoms with Crippen molar-refractivity contribution in [2.45, 2.75) is 17.1 Å². The molecule has 2 unspecified atom stereocenters. The van der Waals surface area contributed by atoms with Crippen LogP contribution in [0.2, 0.25) is 0 Å². The molecule has 1 aliphatic rings. The number of nitrogens with zero attached hydrogens (tertiary/aromatic N) is 1. The number of benzene rings is 1. The van der Waals surface area contributed by atoms with Crippen LogP contribution in [0.5, 0.6) is 0 Å². The molecule has 0 bridgehead atoms. The van der Waals surface area contributed by atoms with Crippen molar-refractivity contribution in [3.63, 3.8) is 0 Å². The van der Waals surface area contributed by atoms with E-state index in [2.05, 4.69) is 0 Å². The van der Waals surface area contributed by atoms with E-state index >= 15 is 0 Å². The minimum Gasteiger partial charge on any atom is -0.377 e. The molecule has 19 heavy (non-hydrogen) atoms. The van der Waals surface area contributed by atoms with Gasteiger partial charge >= 0.3 is 0 Å². The second-order valence-corrected chi connectivity index (χ2v) is 6.26. The maximum absolute atomic E-state index is 12.8. The Morgan fingerprint density at radius 1 is 1.11 bits per heavy atom. The van der Waals surface area contributed by atoms with Gasteiger partial charge in [0.1, 0.15) is 5.82 Å². The predicted octanol–water partition coefficient (Wildman–Crippen LogP) is 0.860. The highest BCUT2D eigenvalue weighted by molar-refractivity contribution is 7.89. The van der Waals surface area contributed by atoms with Crippen molar-refractivity contribution < 1.29 is 22.3 Å². The molecule has 2 rings (SSSR count). The smallest absolute Gasteiger partial charge is 0.243 e. The summed E-state index contributed by atoms with van der Waals surface area (Å²) in [5.41, 5.74) is 0. The Morgan fingerprint density at radius 3 is 2.00 bits per heavy atom. The van der Waals surface area contributed by atoms with Crippen molar-refractivity contribution in [3.8, 4) is 0 Å². The zero-order valence-corrected chi connectivity index (χ0v) is 11.6. The van der Waals surface area contributed by atoms with Gasteiger partial charge in [-0.15, -0.1) is 0 Å². The lowest BCUT2D eigenvalue weighted by Crippen LogP contribution is -2.30. The highest BCUT2D eigenvalue weighted by Crippen LogP contribution is 2.24. The standard InChI is InChI=1S/C12H16FNO4S/c1-17-11-7-14(8-12(11)18-2)19(15,16)10-5-3-9(13)4-6-10/h3-6,11-12H,7-8H2,1-2H3. The molecule has 1 saturated heterocycles. The first kappa shape index (κ1) is 14.4. The second-order valence-electron chi connectivity index (χ2n) is 4.32. The summed E-state index contributed by atoms with van der Waals surface area (Å²) in [6.07, 6.45) is -0.583. The molecule has 0 spiro atoms. The molecule has 5 nitrogen and oxygen atoms in total. The van der Waals surface area contributed by atoms with Crippen LogP contribution in [-0.4, -0.2) is 52.2 Å². The highest BCUT2D eigenvalue weighted by Gasteiger charge is 2.39. The number of halogens is 1. The summed E-state index contributed by atoms with van der Waals surface area (Å²) in [5.74, 6) is -0.468. The third-order valence-corrected chi connectivity index (χ3v) is 5.08. The third kappa shape index (κ3) is 2.79. The molecule has 0 amide bonds. The molecule has 1 aliphatic heterocycles. The molecule has 0 saturated carbocycles. The lowest BCUT2D eigenvalue weighted by Gasteiger charge is -2.15. The fourth-order valence-electron chi connectivity index (χ4n) is 2.12. The van der Waals surface area contributed by atoms with Crippen LogP contribution in [0.1, 0.15) is 0 Å². The first-order chi connectivity index (χ1) is 8.98. The van der Waals surface area contributed by atoms with Crippen LogP contribution in [0.4, 0.5) is 4.39 Å². The van der Waals surface area contributed by atoms with Crippen molar-refractivity contribution in [2.75, 3.05) is 27.3 Å². The summed E-state index contributed by atoms with van der Waals surface area (Å²) in [7, 11) is -0.598. The van der Waals surface area contributed by atoms with Crippen LogP contribution < -0.4 is 0 Å². The first-order valence-electron chi connectivity index (χ1n) is 5.80. The minimum absolute atomic E-state index is 0.0699. The van der Waals surface area contributed by atoms with Gasteiger partial charge in [0.05, 0.1) is 17.1 Å². The van der Waals surface area contributed by atoms with Crippen LogP contribution in [0.15, 0.2) is 29.2 Å². The lowest BCUT2D eigenvalue weighted by molar-refractivity contribution is -0.00461. The summed E-state index contributed by atoms with van der Waals surface area (Å²) < 4.78 is 49.3. The molecule has 0 N–H and O–H groups in total. The van der Waals surface area contributed by atoms with Gasteiger partial charge < -0.3 is 9.47 Å². The summed E-state index contributed by atoms with van der Waals surface area (Å²) in [4.78, 5) is 0.0699. The normalized spacial score (nSPS) is 24.8. The molecule has 1 aromatic carbocycles. The average molecular weight is 289 g/mol. The maximum atomic E-state index is 12.8. The fraction of sp³-hybridized carbons (Fsp3) is 0.500. The molecule has 2 atom stereocenters. The van der Waals surface area contributed by atoms with Crippen molar-refractivity contribution in [1.29, 1.82) is 0 Å². The lowest BCUT2D eigenvalue weighted by atomic mass is 10.3. The van der Waals surface area contributed by atoms with E-state index in [4.69, 9.17) is 9.47 Å². The van der Waals surface area contributed by atoms with Gasteiger partial charge in [0, 0.05) is 27.3 Å². The average Bonchev–Trinajstić information content (AvgIpc) is 2.83. The number of hydrogen-bond acceptors (Lipinski definition) is 4. The fourth-order valence-corrected chi connectivity index (χ4v) is 3.58. The van der Waals surface area contributed by atoms with Gasteiger partial charge in [-0.2, -0.15) is 4.31 Å². The van der Waals surface area contributed by atoms with E-state index in [-0.39, 0.29) is 30.2 Å². The van der Waals surface area contributed by atoms with E-state index in [1.165, 1.54) is 30.7 Å². The number of rotatable bonds is 4. The van der Waals surface area contributed by atoms with Crippen LogP contribution in [0.25, 0.3) is 0 Å². The molecule has 1 fully saturated rings. The first-order valence-corrected chi connectivity index (χ1v) is 7.24. The summed E-state index contributed by atoms with van der Waals surface area (Å²) in [6.45, 7) is 0.462. The molecule has 0 aliphatic carbocycles. The Balaban J connectivity index is 2.24. The molecule has 1 heterocycles. The predicted molar refractivity (Wildman–Crippen MR) is 66.8 cm³/mol. The number of methoxy groups -OCH3 is 2. The maximum Gasteiger partial charge on any atom is 0.243 e. The quantitative estimate of drug-likeness (QED) is 0.825. The Hall–Kier alpha value is -1.02. The zero-order valence-electron chi connectivity index (χ0n) is 10.7. The Kier molecular flexibility index (Phi) is 4.19. The molecule has 0 aromatic heterocycles. The van der Waals surface area contributed by atoms with E-state index in [0.717, 1.165) is 12.1 Å². The van der Waals surface area contributed by atoms with Crippen LogP contribution in [0.3, 0.4) is 0 Å². The zero-order chi connectivity index (χ0) is 14.0. The van der Waals surface area contributed by atoms with Gasteiger partial charge in [-0.3, -0.25) is 0 Å². The molecule has 0 radical (unpaired) electrons. The second kappa shape index (κ2) is 5.54. The minimum atomic E-state index is -3.63. The molecular formula is C12H16FNO4S.